The molecule has 158 valence electrons. The molecule has 0 aliphatic heterocycles. The lowest BCUT2D eigenvalue weighted by Gasteiger charge is -2.11. The number of hydrogen-bond donors (Lipinski definition) is 1. The summed E-state index contributed by atoms with van der Waals surface area (Å²) < 4.78 is 10.5. The molecule has 1 amide bonds. The molecular formula is C26H21N3O3. The monoisotopic (exact) mass is 423 g/mol. The second-order valence-corrected chi connectivity index (χ2v) is 7.65. The lowest BCUT2D eigenvalue weighted by molar-refractivity contribution is 0.102. The van der Waals surface area contributed by atoms with E-state index in [1.807, 2.05) is 60.7 Å². The maximum absolute atomic E-state index is 13.3. The molecule has 0 unspecified atom stereocenters. The van der Waals surface area contributed by atoms with Crippen LogP contribution in [0.2, 0.25) is 0 Å². The standard InChI is InChI=1S/C26H21N3O3/c1-15-25(16(2)32-29-15)28-26(30)22-14-24(27-23-7-5-4-6-21(22)23)19-9-8-18-13-20(31-3)11-10-17(18)12-19/h4-14H,1-3H3,(H,28,30). The van der Waals surface area contributed by atoms with Crippen molar-refractivity contribution in [3.63, 3.8) is 0 Å². The molecule has 6 heteroatoms. The molecule has 0 saturated heterocycles. The highest BCUT2D eigenvalue weighted by atomic mass is 16.5. The first-order valence-corrected chi connectivity index (χ1v) is 10.3. The maximum atomic E-state index is 13.3. The molecule has 0 aliphatic rings. The summed E-state index contributed by atoms with van der Waals surface area (Å²) in [5, 5.41) is 9.80. The van der Waals surface area contributed by atoms with E-state index in [0.29, 0.717) is 22.7 Å². The fourth-order valence-electron chi connectivity index (χ4n) is 3.86. The van der Waals surface area contributed by atoms with Crippen LogP contribution in [0.25, 0.3) is 32.9 Å². The van der Waals surface area contributed by atoms with E-state index in [2.05, 4.69) is 16.5 Å². The third-order valence-electron chi connectivity index (χ3n) is 5.58. The number of pyridine rings is 1. The minimum atomic E-state index is -0.232. The summed E-state index contributed by atoms with van der Waals surface area (Å²) >= 11 is 0. The predicted octanol–water partition coefficient (Wildman–Crippen LogP) is 5.92. The van der Waals surface area contributed by atoms with Crippen LogP contribution in [-0.2, 0) is 0 Å². The Labute approximate surface area is 184 Å². The van der Waals surface area contributed by atoms with E-state index in [4.69, 9.17) is 14.2 Å². The van der Waals surface area contributed by atoms with Crippen LogP contribution in [0.5, 0.6) is 5.75 Å². The quantitative estimate of drug-likeness (QED) is 0.388. The van der Waals surface area contributed by atoms with Gasteiger partial charge in [0, 0.05) is 10.9 Å². The number of nitrogens with one attached hydrogen (secondary N) is 1. The summed E-state index contributed by atoms with van der Waals surface area (Å²) in [6, 6.07) is 21.5. The van der Waals surface area contributed by atoms with Crippen molar-refractivity contribution in [2.45, 2.75) is 13.8 Å². The number of aryl methyl sites for hydroxylation is 2. The van der Waals surface area contributed by atoms with Gasteiger partial charge in [-0.2, -0.15) is 0 Å². The Morgan fingerprint density at radius 1 is 0.969 bits per heavy atom. The Balaban J connectivity index is 1.62. The van der Waals surface area contributed by atoms with Gasteiger partial charge in [0.1, 0.15) is 17.1 Å². The number of amides is 1. The number of methoxy groups -OCH3 is 1. The zero-order chi connectivity index (χ0) is 22.2. The molecule has 2 heterocycles. The summed E-state index contributed by atoms with van der Waals surface area (Å²) in [5.41, 5.74) is 4.19. The summed E-state index contributed by atoms with van der Waals surface area (Å²) in [7, 11) is 1.66. The van der Waals surface area contributed by atoms with Gasteiger partial charge in [-0.25, -0.2) is 4.98 Å². The van der Waals surface area contributed by atoms with E-state index in [9.17, 15) is 4.79 Å². The number of nitrogens with zero attached hydrogens (tertiary/aromatic N) is 2. The zero-order valence-corrected chi connectivity index (χ0v) is 18.0. The molecule has 5 rings (SSSR count). The van der Waals surface area contributed by atoms with Crippen LogP contribution in [0.15, 0.2) is 71.3 Å². The average Bonchev–Trinajstić information content (AvgIpc) is 3.14. The van der Waals surface area contributed by atoms with Crippen molar-refractivity contribution in [3.05, 3.63) is 83.7 Å². The predicted molar refractivity (Wildman–Crippen MR) is 125 cm³/mol. The molecule has 32 heavy (non-hydrogen) atoms. The van der Waals surface area contributed by atoms with Gasteiger partial charge in [0.15, 0.2) is 5.76 Å². The van der Waals surface area contributed by atoms with E-state index in [0.717, 1.165) is 38.7 Å². The molecule has 5 aromatic rings. The highest BCUT2D eigenvalue weighted by Crippen LogP contribution is 2.30. The van der Waals surface area contributed by atoms with Crippen molar-refractivity contribution in [2.24, 2.45) is 0 Å². The second-order valence-electron chi connectivity index (χ2n) is 7.65. The lowest BCUT2D eigenvalue weighted by Crippen LogP contribution is -2.14. The first-order chi connectivity index (χ1) is 15.5. The van der Waals surface area contributed by atoms with Gasteiger partial charge in [-0.05, 0) is 55.0 Å². The van der Waals surface area contributed by atoms with Crippen molar-refractivity contribution >= 4 is 33.3 Å². The van der Waals surface area contributed by atoms with Crippen molar-refractivity contribution in [1.29, 1.82) is 0 Å². The van der Waals surface area contributed by atoms with Crippen LogP contribution in [0, 0.1) is 13.8 Å². The molecular weight excluding hydrogens is 402 g/mol. The Kier molecular flexibility index (Phi) is 4.82. The highest BCUT2D eigenvalue weighted by molar-refractivity contribution is 6.13. The molecule has 0 fully saturated rings. The van der Waals surface area contributed by atoms with Gasteiger partial charge in [0.2, 0.25) is 0 Å². The number of aromatic nitrogens is 2. The van der Waals surface area contributed by atoms with Gasteiger partial charge >= 0.3 is 0 Å². The second kappa shape index (κ2) is 7.81. The number of fused-ring (bicyclic) bond motifs is 2. The normalized spacial score (nSPS) is 11.1. The SMILES string of the molecule is COc1ccc2cc(-c3cc(C(=O)Nc4c(C)noc4C)c4ccccc4n3)ccc2c1. The number of benzene rings is 3. The first kappa shape index (κ1) is 19.8. The fraction of sp³-hybridized carbons (Fsp3) is 0.115. The molecule has 0 aliphatic carbocycles. The highest BCUT2D eigenvalue weighted by Gasteiger charge is 2.18. The van der Waals surface area contributed by atoms with Gasteiger partial charge in [0.25, 0.3) is 5.91 Å². The molecule has 0 atom stereocenters. The van der Waals surface area contributed by atoms with Crippen LogP contribution in [-0.4, -0.2) is 23.2 Å². The van der Waals surface area contributed by atoms with Gasteiger partial charge in [-0.15, -0.1) is 0 Å². The fourth-order valence-corrected chi connectivity index (χ4v) is 3.86. The van der Waals surface area contributed by atoms with E-state index in [1.54, 1.807) is 21.0 Å². The number of rotatable bonds is 4. The van der Waals surface area contributed by atoms with Gasteiger partial charge in [-0.1, -0.05) is 41.6 Å². The molecule has 0 spiro atoms. The minimum Gasteiger partial charge on any atom is -0.497 e. The van der Waals surface area contributed by atoms with Crippen molar-refractivity contribution in [3.8, 4) is 17.0 Å². The van der Waals surface area contributed by atoms with Crippen LogP contribution in [0.4, 0.5) is 5.69 Å². The molecule has 0 saturated carbocycles. The maximum Gasteiger partial charge on any atom is 0.256 e. The summed E-state index contributed by atoms with van der Waals surface area (Å²) in [6.07, 6.45) is 0. The molecule has 2 aromatic heterocycles. The summed E-state index contributed by atoms with van der Waals surface area (Å²) in [5.74, 6) is 1.15. The topological polar surface area (TPSA) is 77.2 Å². The smallest absolute Gasteiger partial charge is 0.256 e. The summed E-state index contributed by atoms with van der Waals surface area (Å²) in [6.45, 7) is 3.57. The average molecular weight is 423 g/mol. The van der Waals surface area contributed by atoms with E-state index < -0.39 is 0 Å². The Bertz CT molecular complexity index is 1470. The number of para-hydroxylation sites is 1. The number of carbonyl (C=O) groups is 1. The van der Waals surface area contributed by atoms with Crippen molar-refractivity contribution < 1.29 is 14.1 Å². The van der Waals surface area contributed by atoms with Crippen LogP contribution in [0.1, 0.15) is 21.8 Å². The Morgan fingerprint density at radius 2 is 1.75 bits per heavy atom. The van der Waals surface area contributed by atoms with Gasteiger partial charge in [0.05, 0.1) is 23.9 Å². The van der Waals surface area contributed by atoms with Crippen molar-refractivity contribution in [1.82, 2.24) is 10.1 Å². The molecule has 1 N–H and O–H groups in total. The first-order valence-electron chi connectivity index (χ1n) is 10.3. The lowest BCUT2D eigenvalue weighted by atomic mass is 10.0. The van der Waals surface area contributed by atoms with E-state index in [-0.39, 0.29) is 5.91 Å². The van der Waals surface area contributed by atoms with Crippen molar-refractivity contribution in [2.75, 3.05) is 12.4 Å². The third kappa shape index (κ3) is 3.46. The van der Waals surface area contributed by atoms with Gasteiger partial charge in [-0.3, -0.25) is 4.79 Å². The number of ether oxygens (including phenoxy) is 1. The number of hydrogen-bond acceptors (Lipinski definition) is 5. The molecule has 6 nitrogen and oxygen atoms in total. The van der Waals surface area contributed by atoms with Gasteiger partial charge < -0.3 is 14.6 Å². The van der Waals surface area contributed by atoms with Crippen LogP contribution >= 0.6 is 0 Å². The van der Waals surface area contributed by atoms with E-state index in [1.165, 1.54) is 0 Å². The minimum absolute atomic E-state index is 0.232. The molecule has 3 aromatic carbocycles. The third-order valence-corrected chi connectivity index (χ3v) is 5.58. The van der Waals surface area contributed by atoms with Crippen LogP contribution < -0.4 is 10.1 Å². The zero-order valence-electron chi connectivity index (χ0n) is 18.0. The molecule has 0 bridgehead atoms. The van der Waals surface area contributed by atoms with E-state index >= 15 is 0 Å². The van der Waals surface area contributed by atoms with Crippen LogP contribution in [0.3, 0.4) is 0 Å². The number of anilines is 1. The Hall–Kier alpha value is -4.19. The molecule has 0 radical (unpaired) electrons. The Morgan fingerprint density at radius 3 is 2.53 bits per heavy atom. The number of carbonyl (C=O) groups excluding carboxylic acids is 1. The summed E-state index contributed by atoms with van der Waals surface area (Å²) in [4.78, 5) is 18.1. The largest absolute Gasteiger partial charge is 0.497 e.